The Morgan fingerprint density at radius 1 is 1.39 bits per heavy atom. The molecule has 96 valence electrons. The van der Waals surface area contributed by atoms with Crippen LogP contribution in [0.1, 0.15) is 30.5 Å². The van der Waals surface area contributed by atoms with Gasteiger partial charge in [-0.2, -0.15) is 5.10 Å². The second-order valence-corrected chi connectivity index (χ2v) is 5.37. The monoisotopic (exact) mass is 243 g/mol. The Morgan fingerprint density at radius 3 is 3.06 bits per heavy atom. The van der Waals surface area contributed by atoms with E-state index in [1.807, 2.05) is 11.7 Å². The summed E-state index contributed by atoms with van der Waals surface area (Å²) in [6.07, 6.45) is 5.12. The van der Waals surface area contributed by atoms with Gasteiger partial charge in [0.25, 0.3) is 0 Å². The van der Waals surface area contributed by atoms with E-state index in [1.54, 1.807) is 0 Å². The molecule has 0 spiro atoms. The number of benzene rings is 1. The number of nitrogens with one attached hydrogen (secondary N) is 1. The fourth-order valence-electron chi connectivity index (χ4n) is 3.14. The van der Waals surface area contributed by atoms with Gasteiger partial charge in [-0.05, 0) is 44.4 Å². The lowest BCUT2D eigenvalue weighted by Crippen LogP contribution is -2.35. The van der Waals surface area contributed by atoms with Crippen molar-refractivity contribution < 1.29 is 0 Å². The number of aryl methyl sites for hydroxylation is 2. The maximum atomic E-state index is 4.54. The van der Waals surface area contributed by atoms with Gasteiger partial charge in [-0.25, -0.2) is 0 Å². The molecule has 2 aromatic rings. The molecule has 0 saturated carbocycles. The number of fused-ring (bicyclic) bond motifs is 1. The molecule has 0 radical (unpaired) electrons. The summed E-state index contributed by atoms with van der Waals surface area (Å²) < 4.78 is 1.99. The van der Waals surface area contributed by atoms with Crippen LogP contribution in [0.2, 0.25) is 0 Å². The highest BCUT2D eigenvalue weighted by Gasteiger charge is 2.16. The van der Waals surface area contributed by atoms with Gasteiger partial charge in [0.2, 0.25) is 0 Å². The molecule has 3 nitrogen and oxygen atoms in total. The lowest BCUT2D eigenvalue weighted by Gasteiger charge is -2.23. The zero-order chi connectivity index (χ0) is 12.5. The van der Waals surface area contributed by atoms with Crippen molar-refractivity contribution >= 4 is 10.9 Å². The molecule has 0 aliphatic carbocycles. The van der Waals surface area contributed by atoms with E-state index in [9.17, 15) is 0 Å². The average molecular weight is 243 g/mol. The number of rotatable bonds is 2. The molecule has 1 fully saturated rings. The third-order valence-electron chi connectivity index (χ3n) is 4.02. The van der Waals surface area contributed by atoms with Crippen LogP contribution in [0, 0.1) is 6.92 Å². The molecular formula is C15H21N3. The maximum absolute atomic E-state index is 4.54. The van der Waals surface area contributed by atoms with Crippen LogP contribution >= 0.6 is 0 Å². The van der Waals surface area contributed by atoms with Gasteiger partial charge in [0, 0.05) is 18.5 Å². The van der Waals surface area contributed by atoms with E-state index in [1.165, 1.54) is 42.3 Å². The van der Waals surface area contributed by atoms with Crippen LogP contribution in [0.25, 0.3) is 10.9 Å². The molecule has 1 N–H and O–H groups in total. The molecule has 18 heavy (non-hydrogen) atoms. The standard InChI is InChI=1S/C15H21N3/c1-11-15-12(10-13-7-3-4-9-16-13)6-5-8-14(15)18(2)17-11/h5-6,8,13,16H,3-4,7,9-10H2,1-2H3. The summed E-state index contributed by atoms with van der Waals surface area (Å²) in [6, 6.07) is 7.21. The minimum Gasteiger partial charge on any atom is -0.314 e. The first-order valence-corrected chi connectivity index (χ1v) is 6.90. The Bertz CT molecular complexity index is 550. The van der Waals surface area contributed by atoms with Crippen LogP contribution in [0.3, 0.4) is 0 Å². The summed E-state index contributed by atoms with van der Waals surface area (Å²) in [5.41, 5.74) is 3.84. The van der Waals surface area contributed by atoms with E-state index in [0.717, 1.165) is 12.1 Å². The van der Waals surface area contributed by atoms with Crippen molar-refractivity contribution in [1.82, 2.24) is 15.1 Å². The average Bonchev–Trinajstić information content (AvgIpc) is 2.67. The molecule has 1 aromatic heterocycles. The number of hydrogen-bond acceptors (Lipinski definition) is 2. The van der Waals surface area contributed by atoms with Crippen molar-refractivity contribution in [2.75, 3.05) is 6.54 Å². The van der Waals surface area contributed by atoms with Crippen LogP contribution < -0.4 is 5.32 Å². The van der Waals surface area contributed by atoms with Gasteiger partial charge in [-0.3, -0.25) is 4.68 Å². The third-order valence-corrected chi connectivity index (χ3v) is 4.02. The molecular weight excluding hydrogens is 222 g/mol. The van der Waals surface area contributed by atoms with Crippen LogP contribution in [0.15, 0.2) is 18.2 Å². The highest BCUT2D eigenvalue weighted by molar-refractivity contribution is 5.85. The third kappa shape index (κ3) is 2.03. The lowest BCUT2D eigenvalue weighted by atomic mass is 9.95. The van der Waals surface area contributed by atoms with E-state index in [2.05, 4.69) is 35.5 Å². The normalized spacial score (nSPS) is 20.4. The minimum atomic E-state index is 0.643. The van der Waals surface area contributed by atoms with Crippen LogP contribution in [-0.2, 0) is 13.5 Å². The Morgan fingerprint density at radius 2 is 2.28 bits per heavy atom. The molecule has 0 bridgehead atoms. The Kier molecular flexibility index (Phi) is 3.08. The highest BCUT2D eigenvalue weighted by Crippen LogP contribution is 2.24. The summed E-state index contributed by atoms with van der Waals surface area (Å²) in [7, 11) is 2.03. The highest BCUT2D eigenvalue weighted by atomic mass is 15.3. The molecule has 1 atom stereocenters. The van der Waals surface area contributed by atoms with Gasteiger partial charge in [0.05, 0.1) is 11.2 Å². The zero-order valence-corrected chi connectivity index (χ0v) is 11.2. The van der Waals surface area contributed by atoms with Crippen molar-refractivity contribution in [1.29, 1.82) is 0 Å². The topological polar surface area (TPSA) is 29.9 Å². The second-order valence-electron chi connectivity index (χ2n) is 5.37. The smallest absolute Gasteiger partial charge is 0.0684 e. The second kappa shape index (κ2) is 4.73. The summed E-state index contributed by atoms with van der Waals surface area (Å²) in [6.45, 7) is 3.28. The lowest BCUT2D eigenvalue weighted by molar-refractivity contribution is 0.400. The largest absolute Gasteiger partial charge is 0.314 e. The first-order chi connectivity index (χ1) is 8.75. The van der Waals surface area contributed by atoms with Crippen LogP contribution in [-0.4, -0.2) is 22.4 Å². The summed E-state index contributed by atoms with van der Waals surface area (Å²) >= 11 is 0. The number of nitrogens with zero attached hydrogens (tertiary/aromatic N) is 2. The van der Waals surface area contributed by atoms with Crippen molar-refractivity contribution in [3.8, 4) is 0 Å². The molecule has 1 saturated heterocycles. The fourth-order valence-corrected chi connectivity index (χ4v) is 3.14. The van der Waals surface area contributed by atoms with E-state index in [4.69, 9.17) is 0 Å². The van der Waals surface area contributed by atoms with Gasteiger partial charge in [-0.1, -0.05) is 18.6 Å². The van der Waals surface area contributed by atoms with E-state index < -0.39 is 0 Å². The van der Waals surface area contributed by atoms with Crippen LogP contribution in [0.5, 0.6) is 0 Å². The Labute approximate surface area is 108 Å². The fraction of sp³-hybridized carbons (Fsp3) is 0.533. The van der Waals surface area contributed by atoms with E-state index in [0.29, 0.717) is 6.04 Å². The molecule has 1 aliphatic rings. The summed E-state index contributed by atoms with van der Waals surface area (Å²) in [5, 5.41) is 9.53. The molecule has 1 aliphatic heterocycles. The van der Waals surface area contributed by atoms with Gasteiger partial charge in [0.1, 0.15) is 0 Å². The van der Waals surface area contributed by atoms with Gasteiger partial charge < -0.3 is 5.32 Å². The molecule has 2 heterocycles. The first kappa shape index (κ1) is 11.7. The van der Waals surface area contributed by atoms with Crippen molar-refractivity contribution in [3.63, 3.8) is 0 Å². The molecule has 1 unspecified atom stereocenters. The zero-order valence-electron chi connectivity index (χ0n) is 11.2. The van der Waals surface area contributed by atoms with Gasteiger partial charge >= 0.3 is 0 Å². The number of piperidine rings is 1. The SMILES string of the molecule is Cc1nn(C)c2cccc(CC3CCCCN3)c12. The summed E-state index contributed by atoms with van der Waals surface area (Å²) in [4.78, 5) is 0. The number of hydrogen-bond donors (Lipinski definition) is 1. The van der Waals surface area contributed by atoms with Gasteiger partial charge in [-0.15, -0.1) is 0 Å². The van der Waals surface area contributed by atoms with E-state index in [-0.39, 0.29) is 0 Å². The Hall–Kier alpha value is -1.35. The number of aromatic nitrogens is 2. The molecule has 3 heteroatoms. The predicted molar refractivity (Wildman–Crippen MR) is 74.8 cm³/mol. The van der Waals surface area contributed by atoms with Crippen molar-refractivity contribution in [2.24, 2.45) is 7.05 Å². The molecule has 0 amide bonds. The van der Waals surface area contributed by atoms with Crippen molar-refractivity contribution in [3.05, 3.63) is 29.5 Å². The summed E-state index contributed by atoms with van der Waals surface area (Å²) in [5.74, 6) is 0. The van der Waals surface area contributed by atoms with Gasteiger partial charge in [0.15, 0.2) is 0 Å². The van der Waals surface area contributed by atoms with Crippen molar-refractivity contribution in [2.45, 2.75) is 38.6 Å². The quantitative estimate of drug-likeness (QED) is 0.878. The van der Waals surface area contributed by atoms with Crippen LogP contribution in [0.4, 0.5) is 0 Å². The van der Waals surface area contributed by atoms with E-state index >= 15 is 0 Å². The predicted octanol–water partition coefficient (Wildman–Crippen LogP) is 2.57. The molecule has 3 rings (SSSR count). The maximum Gasteiger partial charge on any atom is 0.0684 e. The Balaban J connectivity index is 1.95. The first-order valence-electron chi connectivity index (χ1n) is 6.90. The minimum absolute atomic E-state index is 0.643. The molecule has 1 aromatic carbocycles.